The summed E-state index contributed by atoms with van der Waals surface area (Å²) < 4.78 is 43.7. The van der Waals surface area contributed by atoms with Crippen LogP contribution in [-0.2, 0) is 10.0 Å². The molecule has 5 N–H and O–H groups in total. The standard InChI is InChI=1S/C19H23FN2O7S/c20-14-4-1-5-15(12-14)29-18-16(22(6-2-8-23)7-3-9-24)10-13(19(25)26)11-17(18)30(21,27)28/h1,4-5,10-12,23-24H,2-3,6-9H2,(H,25,26)(H2,21,27,28). The first kappa shape index (κ1) is 23.5. The number of hydrogen-bond donors (Lipinski definition) is 4. The van der Waals surface area contributed by atoms with Crippen LogP contribution in [0.2, 0.25) is 0 Å². The predicted molar refractivity (Wildman–Crippen MR) is 107 cm³/mol. The van der Waals surface area contributed by atoms with Crippen molar-refractivity contribution >= 4 is 21.7 Å². The lowest BCUT2D eigenvalue weighted by Crippen LogP contribution is -2.28. The highest BCUT2D eigenvalue weighted by Gasteiger charge is 2.26. The highest BCUT2D eigenvalue weighted by atomic mass is 32.2. The second-order valence-corrected chi connectivity index (χ2v) is 7.90. The van der Waals surface area contributed by atoms with Crippen LogP contribution in [0.5, 0.6) is 11.5 Å². The van der Waals surface area contributed by atoms with Crippen molar-refractivity contribution in [3.63, 3.8) is 0 Å². The van der Waals surface area contributed by atoms with Crippen molar-refractivity contribution in [2.75, 3.05) is 31.2 Å². The van der Waals surface area contributed by atoms with Gasteiger partial charge in [0.25, 0.3) is 0 Å². The van der Waals surface area contributed by atoms with E-state index >= 15 is 0 Å². The van der Waals surface area contributed by atoms with Gasteiger partial charge >= 0.3 is 5.97 Å². The minimum atomic E-state index is -4.42. The van der Waals surface area contributed by atoms with Crippen LogP contribution in [0.25, 0.3) is 0 Å². The van der Waals surface area contributed by atoms with Gasteiger partial charge in [-0.05, 0) is 37.1 Å². The van der Waals surface area contributed by atoms with Crippen molar-refractivity contribution in [3.05, 3.63) is 47.8 Å². The van der Waals surface area contributed by atoms with Gasteiger partial charge < -0.3 is 25.0 Å². The fraction of sp³-hybridized carbons (Fsp3) is 0.316. The van der Waals surface area contributed by atoms with Crippen molar-refractivity contribution in [2.45, 2.75) is 17.7 Å². The zero-order valence-corrected chi connectivity index (χ0v) is 16.8. The Labute approximate surface area is 173 Å². The first-order valence-electron chi connectivity index (χ1n) is 9.01. The van der Waals surface area contributed by atoms with Crippen LogP contribution in [0.4, 0.5) is 10.1 Å². The van der Waals surface area contributed by atoms with E-state index in [0.717, 1.165) is 12.1 Å². The van der Waals surface area contributed by atoms with Crippen LogP contribution in [0.3, 0.4) is 0 Å². The van der Waals surface area contributed by atoms with Crippen molar-refractivity contribution in [1.82, 2.24) is 0 Å². The van der Waals surface area contributed by atoms with Gasteiger partial charge in [0.2, 0.25) is 10.0 Å². The fourth-order valence-corrected chi connectivity index (χ4v) is 3.48. The zero-order chi connectivity index (χ0) is 22.3. The maximum Gasteiger partial charge on any atom is 0.335 e. The number of nitrogens with two attached hydrogens (primary N) is 1. The Morgan fingerprint density at radius 3 is 2.23 bits per heavy atom. The first-order valence-corrected chi connectivity index (χ1v) is 10.6. The molecule has 0 saturated heterocycles. The number of halogens is 1. The van der Waals surface area contributed by atoms with Crippen LogP contribution in [0.1, 0.15) is 23.2 Å². The zero-order valence-electron chi connectivity index (χ0n) is 16.0. The summed E-state index contributed by atoms with van der Waals surface area (Å²) in [5.41, 5.74) is -0.274. The van der Waals surface area contributed by atoms with Gasteiger partial charge in [0.1, 0.15) is 16.5 Å². The average molecular weight is 442 g/mol. The molecule has 0 heterocycles. The monoisotopic (exact) mass is 442 g/mol. The topological polar surface area (TPSA) is 150 Å². The summed E-state index contributed by atoms with van der Waals surface area (Å²) in [5.74, 6) is -2.30. The molecular weight excluding hydrogens is 419 g/mol. The molecule has 9 nitrogen and oxygen atoms in total. The van der Waals surface area contributed by atoms with Crippen molar-refractivity contribution < 1.29 is 37.7 Å². The number of primary sulfonamides is 1. The van der Waals surface area contributed by atoms with E-state index in [1.165, 1.54) is 24.3 Å². The maximum absolute atomic E-state index is 13.6. The SMILES string of the molecule is NS(=O)(=O)c1cc(C(=O)O)cc(N(CCCO)CCCO)c1Oc1cccc(F)c1. The summed E-state index contributed by atoms with van der Waals surface area (Å²) in [5, 5.41) is 33.1. The molecule has 0 bridgehead atoms. The predicted octanol–water partition coefficient (Wildman–Crippen LogP) is 1.53. The van der Waals surface area contributed by atoms with E-state index < -0.39 is 26.7 Å². The Kier molecular flexibility index (Phi) is 8.12. The van der Waals surface area contributed by atoms with E-state index in [1.807, 2.05) is 0 Å². The number of benzene rings is 2. The molecule has 2 rings (SSSR count). The van der Waals surface area contributed by atoms with Crippen LogP contribution >= 0.6 is 0 Å². The summed E-state index contributed by atoms with van der Waals surface area (Å²) in [6.45, 7) is 0.0824. The molecule has 11 heteroatoms. The summed E-state index contributed by atoms with van der Waals surface area (Å²) in [7, 11) is -4.42. The van der Waals surface area contributed by atoms with Crippen LogP contribution in [0, 0.1) is 5.82 Å². The molecule has 30 heavy (non-hydrogen) atoms. The number of ether oxygens (including phenoxy) is 1. The number of hydrogen-bond acceptors (Lipinski definition) is 7. The lowest BCUT2D eigenvalue weighted by atomic mass is 10.1. The molecule has 164 valence electrons. The number of aliphatic hydroxyl groups is 2. The van der Waals surface area contributed by atoms with Gasteiger partial charge in [0.15, 0.2) is 5.75 Å². The average Bonchev–Trinajstić information content (AvgIpc) is 2.67. The molecule has 0 aliphatic rings. The van der Waals surface area contributed by atoms with Crippen molar-refractivity contribution in [1.29, 1.82) is 0 Å². The number of nitrogens with zero attached hydrogens (tertiary/aromatic N) is 1. The molecule has 2 aromatic rings. The van der Waals surface area contributed by atoms with Crippen molar-refractivity contribution in [3.8, 4) is 11.5 Å². The number of carbonyl (C=O) groups is 1. The molecule has 2 aromatic carbocycles. The van der Waals surface area contributed by atoms with Gasteiger partial charge in [0, 0.05) is 32.4 Å². The van der Waals surface area contributed by atoms with Gasteiger partial charge in [-0.25, -0.2) is 22.7 Å². The number of aliphatic hydroxyl groups excluding tert-OH is 2. The number of aromatic carboxylic acids is 1. The summed E-state index contributed by atoms with van der Waals surface area (Å²) >= 11 is 0. The van der Waals surface area contributed by atoms with E-state index in [2.05, 4.69) is 0 Å². The molecular formula is C19H23FN2O7S. The van der Waals surface area contributed by atoms with Gasteiger partial charge in [-0.3, -0.25) is 0 Å². The molecule has 0 saturated carbocycles. The fourth-order valence-electron chi connectivity index (χ4n) is 2.78. The summed E-state index contributed by atoms with van der Waals surface area (Å²) in [6.07, 6.45) is 0.569. The van der Waals surface area contributed by atoms with Gasteiger partial charge in [0.05, 0.1) is 11.3 Å². The third kappa shape index (κ3) is 6.13. The molecule has 0 unspecified atom stereocenters. The number of anilines is 1. The van der Waals surface area contributed by atoms with Gasteiger partial charge in [-0.1, -0.05) is 6.07 Å². The molecule has 0 radical (unpaired) electrons. The quantitative estimate of drug-likeness (QED) is 0.409. The third-order valence-corrected chi connectivity index (χ3v) is 5.03. The second kappa shape index (κ2) is 10.3. The highest BCUT2D eigenvalue weighted by molar-refractivity contribution is 7.89. The lowest BCUT2D eigenvalue weighted by molar-refractivity contribution is 0.0696. The molecule has 0 fully saturated rings. The van der Waals surface area contributed by atoms with E-state index in [0.29, 0.717) is 0 Å². The largest absolute Gasteiger partial charge is 0.478 e. The van der Waals surface area contributed by atoms with Crippen LogP contribution < -0.4 is 14.8 Å². The molecule has 0 aromatic heterocycles. The smallest absolute Gasteiger partial charge is 0.335 e. The molecule has 0 amide bonds. The summed E-state index contributed by atoms with van der Waals surface area (Å²) in [6, 6.07) is 7.05. The number of sulfonamides is 1. The van der Waals surface area contributed by atoms with Gasteiger partial charge in [-0.2, -0.15) is 0 Å². The van der Waals surface area contributed by atoms with E-state index in [9.17, 15) is 32.9 Å². The Morgan fingerprint density at radius 2 is 1.73 bits per heavy atom. The van der Waals surface area contributed by atoms with E-state index in [-0.39, 0.29) is 61.9 Å². The molecule has 0 aliphatic carbocycles. The Balaban J connectivity index is 2.73. The molecule has 0 atom stereocenters. The number of carboxylic acid groups (broad SMARTS) is 1. The first-order chi connectivity index (χ1) is 14.2. The number of rotatable bonds is 11. The Morgan fingerprint density at radius 1 is 1.10 bits per heavy atom. The number of carboxylic acids is 1. The molecule has 0 aliphatic heterocycles. The van der Waals surface area contributed by atoms with Crippen molar-refractivity contribution in [2.24, 2.45) is 5.14 Å². The molecule has 0 spiro atoms. The normalized spacial score (nSPS) is 11.3. The Bertz CT molecular complexity index is 990. The van der Waals surface area contributed by atoms with Crippen LogP contribution in [0.15, 0.2) is 41.3 Å². The van der Waals surface area contributed by atoms with Gasteiger partial charge in [-0.15, -0.1) is 0 Å². The van der Waals surface area contributed by atoms with E-state index in [1.54, 1.807) is 4.90 Å². The lowest BCUT2D eigenvalue weighted by Gasteiger charge is -2.28. The maximum atomic E-state index is 13.6. The summed E-state index contributed by atoms with van der Waals surface area (Å²) in [4.78, 5) is 12.6. The Hall–Kier alpha value is -2.73. The van der Waals surface area contributed by atoms with Crippen LogP contribution in [-0.4, -0.2) is 56.0 Å². The van der Waals surface area contributed by atoms with E-state index in [4.69, 9.17) is 9.88 Å². The third-order valence-electron chi connectivity index (χ3n) is 4.12. The second-order valence-electron chi connectivity index (χ2n) is 6.37. The minimum absolute atomic E-state index is 0.0199. The minimum Gasteiger partial charge on any atom is -0.478 e. The highest BCUT2D eigenvalue weighted by Crippen LogP contribution is 2.39.